The van der Waals surface area contributed by atoms with Gasteiger partial charge in [-0.15, -0.1) is 0 Å². The van der Waals surface area contributed by atoms with E-state index in [9.17, 15) is 10.1 Å². The van der Waals surface area contributed by atoms with E-state index < -0.39 is 4.92 Å². The molecule has 2 rings (SSSR count). The molecule has 2 heterocycles. The Hall–Kier alpha value is -1.90. The number of halogens is 1. The van der Waals surface area contributed by atoms with Gasteiger partial charge in [-0.3, -0.25) is 10.1 Å². The fourth-order valence-electron chi connectivity index (χ4n) is 1.25. The third-order valence-electron chi connectivity index (χ3n) is 2.05. The lowest BCUT2D eigenvalue weighted by atomic mass is 10.4. The van der Waals surface area contributed by atoms with Crippen molar-refractivity contribution in [3.8, 4) is 0 Å². The van der Waals surface area contributed by atoms with Crippen LogP contribution < -0.4 is 11.3 Å². The van der Waals surface area contributed by atoms with Gasteiger partial charge in [0.1, 0.15) is 15.9 Å². The predicted molar refractivity (Wildman–Crippen MR) is 72.1 cm³/mol. The molecule has 0 radical (unpaired) electrons. The summed E-state index contributed by atoms with van der Waals surface area (Å²) in [7, 11) is 0. The molecule has 19 heavy (non-hydrogen) atoms. The fraction of sp³-hybridized carbons (Fsp3) is 0. The highest BCUT2D eigenvalue weighted by Gasteiger charge is 2.12. The molecule has 0 saturated carbocycles. The van der Waals surface area contributed by atoms with E-state index in [4.69, 9.17) is 17.4 Å². The van der Waals surface area contributed by atoms with Gasteiger partial charge in [-0.25, -0.2) is 15.8 Å². The molecule has 0 aliphatic heterocycles. The van der Waals surface area contributed by atoms with Crippen molar-refractivity contribution in [3.05, 3.63) is 45.6 Å². The van der Waals surface area contributed by atoms with E-state index in [1.807, 2.05) is 0 Å². The Labute approximate surface area is 117 Å². The summed E-state index contributed by atoms with van der Waals surface area (Å²) in [6.07, 6.45) is 1.49. The minimum atomic E-state index is -0.512. The summed E-state index contributed by atoms with van der Waals surface area (Å²) in [5.74, 6) is 5.44. The summed E-state index contributed by atoms with van der Waals surface area (Å²) < 4.78 is 0. The number of aromatic nitrogens is 2. The van der Waals surface area contributed by atoms with E-state index in [1.54, 1.807) is 12.1 Å². The van der Waals surface area contributed by atoms with Gasteiger partial charge in [0.05, 0.1) is 16.0 Å². The van der Waals surface area contributed by atoms with Gasteiger partial charge in [-0.05, 0) is 23.9 Å². The molecule has 0 spiro atoms. The highest BCUT2D eigenvalue weighted by molar-refractivity contribution is 7.99. The Kier molecular flexibility index (Phi) is 4.15. The van der Waals surface area contributed by atoms with Crippen LogP contribution in [0.5, 0.6) is 0 Å². The molecular formula is C10H8ClN5O2S. The van der Waals surface area contributed by atoms with Crippen molar-refractivity contribution in [3.63, 3.8) is 0 Å². The van der Waals surface area contributed by atoms with Crippen molar-refractivity contribution in [2.75, 3.05) is 5.43 Å². The van der Waals surface area contributed by atoms with E-state index in [0.717, 1.165) is 0 Å². The fourth-order valence-corrected chi connectivity index (χ4v) is 2.14. The van der Waals surface area contributed by atoms with Gasteiger partial charge in [0.25, 0.3) is 5.69 Å². The van der Waals surface area contributed by atoms with Gasteiger partial charge in [-0.1, -0.05) is 11.6 Å². The number of nitrogens with one attached hydrogen (secondary N) is 1. The zero-order valence-corrected chi connectivity index (χ0v) is 11.0. The summed E-state index contributed by atoms with van der Waals surface area (Å²) in [5, 5.41) is 12.3. The van der Waals surface area contributed by atoms with Gasteiger partial charge in [0.15, 0.2) is 0 Å². The van der Waals surface area contributed by atoms with Crippen LogP contribution in [0, 0.1) is 10.1 Å². The average Bonchev–Trinajstić information content (AvgIpc) is 2.41. The monoisotopic (exact) mass is 297 g/mol. The minimum Gasteiger partial charge on any atom is -0.308 e. The third kappa shape index (κ3) is 3.53. The Balaban J connectivity index is 2.31. The summed E-state index contributed by atoms with van der Waals surface area (Å²) in [6.45, 7) is 0. The smallest absolute Gasteiger partial charge is 0.275 e. The summed E-state index contributed by atoms with van der Waals surface area (Å²) in [4.78, 5) is 18.4. The maximum absolute atomic E-state index is 10.8. The summed E-state index contributed by atoms with van der Waals surface area (Å²) in [6, 6.07) is 5.97. The molecule has 0 aromatic carbocycles. The van der Waals surface area contributed by atoms with Crippen LogP contribution in [0.3, 0.4) is 0 Å². The van der Waals surface area contributed by atoms with Crippen molar-refractivity contribution in [1.29, 1.82) is 0 Å². The Morgan fingerprint density at radius 2 is 2.16 bits per heavy atom. The first kappa shape index (κ1) is 13.5. The Morgan fingerprint density at radius 1 is 1.37 bits per heavy atom. The van der Waals surface area contributed by atoms with Crippen molar-refractivity contribution in [1.82, 2.24) is 9.97 Å². The van der Waals surface area contributed by atoms with Crippen LogP contribution in [-0.4, -0.2) is 14.9 Å². The molecule has 0 aliphatic carbocycles. The second kappa shape index (κ2) is 5.83. The van der Waals surface area contributed by atoms with Crippen LogP contribution in [0.1, 0.15) is 0 Å². The van der Waals surface area contributed by atoms with Crippen LogP contribution in [0.4, 0.5) is 11.5 Å². The molecule has 0 amide bonds. The number of nitrogen functional groups attached to an aromatic ring is 1. The lowest BCUT2D eigenvalue weighted by Gasteiger charge is -2.04. The van der Waals surface area contributed by atoms with Crippen molar-refractivity contribution >= 4 is 34.9 Å². The van der Waals surface area contributed by atoms with Gasteiger partial charge >= 0.3 is 0 Å². The molecule has 0 fully saturated rings. The largest absolute Gasteiger partial charge is 0.308 e. The lowest BCUT2D eigenvalue weighted by molar-refractivity contribution is -0.385. The second-order valence-corrected chi connectivity index (χ2v) is 4.84. The number of nitrogens with two attached hydrogens (primary N) is 1. The van der Waals surface area contributed by atoms with Crippen LogP contribution in [-0.2, 0) is 0 Å². The minimum absolute atomic E-state index is 0.0978. The first-order valence-corrected chi connectivity index (χ1v) is 6.20. The van der Waals surface area contributed by atoms with Crippen LogP contribution in [0.25, 0.3) is 0 Å². The highest BCUT2D eigenvalue weighted by atomic mass is 35.5. The Bertz CT molecular complexity index is 607. The molecule has 0 saturated heterocycles. The maximum atomic E-state index is 10.8. The van der Waals surface area contributed by atoms with E-state index in [0.29, 0.717) is 15.1 Å². The molecular weight excluding hydrogens is 290 g/mol. The van der Waals surface area contributed by atoms with Crippen molar-refractivity contribution in [2.45, 2.75) is 10.1 Å². The molecule has 3 N–H and O–H groups in total. The molecule has 9 heteroatoms. The van der Waals surface area contributed by atoms with Gasteiger partial charge in [0, 0.05) is 12.3 Å². The Morgan fingerprint density at radius 3 is 2.74 bits per heavy atom. The standard InChI is InChI=1S/C10H8ClN5O2S/c11-6-1-2-9(13-5-6)19-10-4-7(16(17)18)3-8(14-10)15-12/h1-5H,12H2,(H,14,15). The van der Waals surface area contributed by atoms with Crippen LogP contribution in [0.15, 0.2) is 40.5 Å². The first-order valence-electron chi connectivity index (χ1n) is 5.01. The predicted octanol–water partition coefficient (Wildman–Crippen LogP) is 2.48. The van der Waals surface area contributed by atoms with Gasteiger partial charge < -0.3 is 5.43 Å². The highest BCUT2D eigenvalue weighted by Crippen LogP contribution is 2.29. The number of anilines is 1. The molecule has 0 bridgehead atoms. The van der Waals surface area contributed by atoms with Crippen molar-refractivity contribution < 1.29 is 4.92 Å². The lowest BCUT2D eigenvalue weighted by Crippen LogP contribution is -2.09. The maximum Gasteiger partial charge on any atom is 0.275 e. The molecule has 98 valence electrons. The number of rotatable bonds is 4. The van der Waals surface area contributed by atoms with Gasteiger partial charge in [-0.2, -0.15) is 0 Å². The number of hydrazine groups is 1. The average molecular weight is 298 g/mol. The van der Waals surface area contributed by atoms with Crippen LogP contribution in [0.2, 0.25) is 5.02 Å². The second-order valence-electron chi connectivity index (χ2n) is 3.37. The topological polar surface area (TPSA) is 107 Å². The molecule has 0 aliphatic rings. The normalized spacial score (nSPS) is 10.2. The number of hydrogen-bond acceptors (Lipinski definition) is 7. The molecule has 0 atom stereocenters. The molecule has 7 nitrogen and oxygen atoms in total. The van der Waals surface area contributed by atoms with E-state index in [1.165, 1.54) is 30.1 Å². The number of nitrogens with zero attached hydrogens (tertiary/aromatic N) is 3. The SMILES string of the molecule is NNc1cc([N+](=O)[O-])cc(Sc2ccc(Cl)cn2)n1. The van der Waals surface area contributed by atoms with E-state index >= 15 is 0 Å². The third-order valence-corrected chi connectivity index (χ3v) is 3.15. The molecule has 2 aromatic rings. The zero-order valence-electron chi connectivity index (χ0n) is 9.41. The molecule has 2 aromatic heterocycles. The molecule has 0 unspecified atom stereocenters. The first-order chi connectivity index (χ1) is 9.08. The summed E-state index contributed by atoms with van der Waals surface area (Å²) in [5.41, 5.74) is 2.19. The summed E-state index contributed by atoms with van der Waals surface area (Å²) >= 11 is 6.90. The zero-order chi connectivity index (χ0) is 13.8. The van der Waals surface area contributed by atoms with E-state index in [-0.39, 0.29) is 11.5 Å². The van der Waals surface area contributed by atoms with E-state index in [2.05, 4.69) is 15.4 Å². The number of hydrogen-bond donors (Lipinski definition) is 2. The quantitative estimate of drug-likeness (QED) is 0.507. The van der Waals surface area contributed by atoms with Gasteiger partial charge in [0.2, 0.25) is 0 Å². The number of pyridine rings is 2. The van der Waals surface area contributed by atoms with Crippen molar-refractivity contribution in [2.24, 2.45) is 5.84 Å². The van der Waals surface area contributed by atoms with Crippen LogP contribution >= 0.6 is 23.4 Å². The number of nitro groups is 1.